The Labute approximate surface area is 810 Å². The van der Waals surface area contributed by atoms with E-state index in [9.17, 15) is 69.7 Å². The first-order valence-electron chi connectivity index (χ1n) is 45.7. The molecule has 39 heteroatoms. The fourth-order valence-corrected chi connectivity index (χ4v) is 22.4. The summed E-state index contributed by atoms with van der Waals surface area (Å²) in [6, 6.07) is 31.8. The lowest BCUT2D eigenvalue weighted by Crippen LogP contribution is -2.47. The highest BCUT2D eigenvalue weighted by atomic mass is 35.5. The maximum atomic E-state index is 12.9. The van der Waals surface area contributed by atoms with Gasteiger partial charge >= 0.3 is 24.6 Å². The molecule has 25 nitrogen and oxygen atoms in total. The van der Waals surface area contributed by atoms with E-state index in [2.05, 4.69) is 173 Å². The Kier molecular flexibility index (Phi) is 32.4. The lowest BCUT2D eigenvalue weighted by Gasteiger charge is -2.36. The number of aromatic nitrogens is 9. The summed E-state index contributed by atoms with van der Waals surface area (Å²) in [5, 5.41) is 50.6. The van der Waals surface area contributed by atoms with Gasteiger partial charge in [0.2, 0.25) is 11.1 Å². The van der Waals surface area contributed by atoms with Crippen molar-refractivity contribution in [3.05, 3.63) is 182 Å². The average Bonchev–Trinajstić information content (AvgIpc) is 1.62. The number of rotatable bonds is 25. The third kappa shape index (κ3) is 25.9. The Morgan fingerprint density at radius 3 is 1.04 bits per heavy atom. The number of allylic oxidation sites excluding steroid dienone is 1. The molecule has 0 bridgehead atoms. The third-order valence-electron chi connectivity index (χ3n) is 26.5. The van der Waals surface area contributed by atoms with Crippen molar-refractivity contribution in [2.75, 3.05) is 55.2 Å². The average molecular weight is 1980 g/mol. The van der Waals surface area contributed by atoms with Crippen LogP contribution in [0.15, 0.2) is 117 Å². The van der Waals surface area contributed by atoms with Crippen LogP contribution in [0.25, 0.3) is 63.4 Å². The molecule has 137 heavy (non-hydrogen) atoms. The highest BCUT2D eigenvalue weighted by Crippen LogP contribution is 2.42. The molecule has 726 valence electrons. The maximum Gasteiger partial charge on any atom is 0.407 e. The molecule has 0 spiro atoms. The van der Waals surface area contributed by atoms with E-state index >= 15 is 0 Å². The predicted octanol–water partition coefficient (Wildman–Crippen LogP) is 20.5. The molecule has 0 atom stereocenters. The van der Waals surface area contributed by atoms with Gasteiger partial charge in [-0.25, -0.2) is 34.7 Å². The fraction of sp³-hybridized carbons (Fsp3) is 0.469. The van der Waals surface area contributed by atoms with Crippen molar-refractivity contribution in [2.24, 2.45) is 23.5 Å². The quantitative estimate of drug-likeness (QED) is 0.0176. The topological polar surface area (TPSA) is 320 Å². The normalized spacial score (nSPS) is 19.2. The van der Waals surface area contributed by atoms with E-state index in [-0.39, 0.29) is 69.2 Å². The van der Waals surface area contributed by atoms with E-state index in [1.807, 2.05) is 39.0 Å². The maximum absolute atomic E-state index is 12.9. The first-order valence-corrected chi connectivity index (χ1v) is 48.5. The molecular formula is C98H110Cl2F9N21O4S3. The Morgan fingerprint density at radius 2 is 0.766 bits per heavy atom. The Balaban J connectivity index is 0.000000160. The smallest absolute Gasteiger partial charge is 0.407 e. The highest BCUT2D eigenvalue weighted by Gasteiger charge is 2.38. The number of anilines is 3. The van der Waals surface area contributed by atoms with E-state index in [4.69, 9.17) is 22.1 Å². The second-order valence-corrected chi connectivity index (χ2v) is 41.3. The molecule has 3 aliphatic carbocycles. The lowest BCUT2D eigenvalue weighted by molar-refractivity contribution is -0.127. The number of carbonyl (C=O) groups is 3. The number of alkyl carbamates (subject to hydrolysis) is 1. The van der Waals surface area contributed by atoms with E-state index in [1.54, 1.807) is 18.2 Å². The minimum Gasteiger partial charge on any atom is -0.444 e. The Hall–Kier alpha value is -11.1. The summed E-state index contributed by atoms with van der Waals surface area (Å²) in [4.78, 5) is 68.4. The van der Waals surface area contributed by atoms with Crippen molar-refractivity contribution in [1.82, 2.24) is 68.9 Å². The fourth-order valence-electron chi connectivity index (χ4n) is 19.3. The van der Waals surface area contributed by atoms with Crippen LogP contribution in [0.1, 0.15) is 163 Å². The third-order valence-corrected chi connectivity index (χ3v) is 29.7. The molecule has 3 aromatic carbocycles. The number of hydrogen-bond donors (Lipinski definition) is 6. The highest BCUT2D eigenvalue weighted by molar-refractivity contribution is 7.19. The molecule has 0 radical (unpaired) electrons. The summed E-state index contributed by atoms with van der Waals surface area (Å²) >= 11 is 7.90. The largest absolute Gasteiger partial charge is 0.444 e. The zero-order valence-corrected chi connectivity index (χ0v) is 80.9. The predicted molar refractivity (Wildman–Crippen MR) is 521 cm³/mol. The van der Waals surface area contributed by atoms with Gasteiger partial charge in [0, 0.05) is 162 Å². The number of nitriles is 3. The van der Waals surface area contributed by atoms with Gasteiger partial charge in [0.25, 0.3) is 0 Å². The SMILES string of the molecule is C=CC(=O)Cl.C=CC(=O)NC1CC(Cn2c(C#N)cc3c(C)c(CN4CCC(Nc5ncnc6sc(CC(F)(F)F)cc56)CC4)ccc32)C1.Cc1c(CN2CCC(Nc3ncnc4sc(CC(F)(F)F)cc34)CC2)ccc2c1cc(C#N)n2CC1CC(N)C1.Cc1c(CN2CCC(Nc3ncnc4sc(CC(F)(F)F)cc34)CC2)ccc2c1cc(C#N)n2CC1CC(NC(=O)OC(C)(C)C)C1.Cl. The summed E-state index contributed by atoms with van der Waals surface area (Å²) in [5.41, 5.74) is 18.0. The Morgan fingerprint density at radius 1 is 0.467 bits per heavy atom. The molecule has 18 rings (SSSR count). The molecule has 6 aliphatic rings. The van der Waals surface area contributed by atoms with Gasteiger partial charge in [-0.15, -0.1) is 46.4 Å². The van der Waals surface area contributed by atoms with Crippen LogP contribution < -0.4 is 32.3 Å². The van der Waals surface area contributed by atoms with Crippen LogP contribution in [0.2, 0.25) is 0 Å². The monoisotopic (exact) mass is 1980 g/mol. The van der Waals surface area contributed by atoms with Crippen molar-refractivity contribution >= 4 is 156 Å². The van der Waals surface area contributed by atoms with E-state index in [0.717, 1.165) is 228 Å². The molecule has 3 aliphatic heterocycles. The molecular weight excluding hydrogens is 1870 g/mol. The van der Waals surface area contributed by atoms with Crippen LogP contribution in [0, 0.1) is 72.5 Å². The molecule has 9 aromatic heterocycles. The Bertz CT molecular complexity index is 6510. The number of alkyl halides is 9. The number of halogens is 11. The van der Waals surface area contributed by atoms with Crippen LogP contribution in [0.4, 0.5) is 61.8 Å². The van der Waals surface area contributed by atoms with Gasteiger partial charge < -0.3 is 50.8 Å². The van der Waals surface area contributed by atoms with Gasteiger partial charge in [0.1, 0.15) is 91.8 Å². The summed E-state index contributed by atoms with van der Waals surface area (Å²) in [6.45, 7) is 28.6. The number of benzene rings is 3. The number of nitrogens with one attached hydrogen (secondary N) is 5. The van der Waals surface area contributed by atoms with Crippen LogP contribution >= 0.6 is 58.0 Å². The van der Waals surface area contributed by atoms with Crippen molar-refractivity contribution in [3.63, 3.8) is 0 Å². The zero-order chi connectivity index (χ0) is 96.8. The molecule has 3 saturated heterocycles. The minimum atomic E-state index is -4.26. The number of nitrogens with two attached hydrogens (primary N) is 1. The second-order valence-electron chi connectivity index (χ2n) is 37.6. The van der Waals surface area contributed by atoms with Gasteiger partial charge in [-0.1, -0.05) is 31.4 Å². The number of fused-ring (bicyclic) bond motifs is 6. The molecule has 3 saturated carbocycles. The number of hydrogen-bond acceptors (Lipinski definition) is 23. The number of aryl methyl sites for hydroxylation is 3. The number of carbonyl (C=O) groups excluding carboxylic acids is 3. The summed E-state index contributed by atoms with van der Waals surface area (Å²) in [7, 11) is 0. The van der Waals surface area contributed by atoms with Crippen LogP contribution in [0.5, 0.6) is 0 Å². The van der Waals surface area contributed by atoms with E-state index in [1.165, 1.54) is 58.4 Å². The van der Waals surface area contributed by atoms with Gasteiger partial charge in [-0.3, -0.25) is 24.3 Å². The standard InChI is InChI=1S/C34H40F3N7O2S.C32H34F3N7OS.C29H32F3N7S.C3H3ClO.ClH/c1-20-22(5-6-29-27(20)13-25(16-38)44(29)17-21-11-24(12-21)42-32(45)46-33(2,3)4)18-43-9-7-23(8-10-43)41-30-28-14-26(15-34(35,36)37)47-31(28)40-19-39-30;1-3-29(43)39-23-10-20(11-23)16-42-24(15-36)12-26-19(2)21(4-5-28(26)42)17-41-8-6-22(7-9-41)40-30-27-13-25(14-32(33,34)35)44-31(27)38-18-37-30;1-17-19(2-3-26-24(17)10-22(13-33)39(26)14-18-8-20(34)9-18)15-38-6-4-21(5-7-38)37-27-25-11-23(12-29(30,31)32)40-28(25)36-16-35-27;1-2-3(4)5;/h5-6,13-14,19,21,23-24H,7-12,15,17-18H2,1-4H3,(H,42,45)(H,39,40,41);3-5,12-13,18,20,22-23H,1,6-11,14,16-17H2,2H3,(H,39,43)(H,37,38,40);2-3,10-11,16,18,20-21H,4-9,12,14-15,34H2,1H3,(H,35,36,37);2H,1H2;1H. The van der Waals surface area contributed by atoms with Crippen molar-refractivity contribution in [3.8, 4) is 18.2 Å². The number of nitrogens with zero attached hydrogens (tertiary/aromatic N) is 15. The van der Waals surface area contributed by atoms with Gasteiger partial charge in [-0.05, 0) is 248 Å². The van der Waals surface area contributed by atoms with E-state index in [0.29, 0.717) is 89.0 Å². The molecule has 0 unspecified atom stereocenters. The second kappa shape index (κ2) is 43.6. The van der Waals surface area contributed by atoms with Crippen LogP contribution in [-0.4, -0.2) is 175 Å². The first kappa shape index (κ1) is 102. The van der Waals surface area contributed by atoms with Crippen LogP contribution in [-0.2, 0) is 72.9 Å². The lowest BCUT2D eigenvalue weighted by atomic mass is 9.80. The molecule has 6 fully saturated rings. The summed E-state index contributed by atoms with van der Waals surface area (Å²) < 4.78 is 128. The molecule has 12 heterocycles. The number of ether oxygens (including phenoxy) is 1. The van der Waals surface area contributed by atoms with Crippen molar-refractivity contribution in [1.29, 1.82) is 15.8 Å². The number of likely N-dealkylation sites (tertiary alicyclic amines) is 3. The number of piperidine rings is 3. The van der Waals surface area contributed by atoms with Crippen LogP contribution in [0.3, 0.4) is 0 Å². The molecule has 12 aromatic rings. The van der Waals surface area contributed by atoms with Gasteiger partial charge in [-0.2, -0.15) is 55.3 Å². The first-order chi connectivity index (χ1) is 64.8. The van der Waals surface area contributed by atoms with Gasteiger partial charge in [0.15, 0.2) is 0 Å². The van der Waals surface area contributed by atoms with Crippen molar-refractivity contribution in [2.45, 2.75) is 238 Å². The zero-order valence-electron chi connectivity index (χ0n) is 76.8. The van der Waals surface area contributed by atoms with Gasteiger partial charge in [0.05, 0.1) is 35.4 Å². The number of thiophene rings is 3. The summed E-state index contributed by atoms with van der Waals surface area (Å²) in [6.07, 6.45) is 1.40. The van der Waals surface area contributed by atoms with E-state index < -0.39 is 48.6 Å². The molecule has 7 N–H and O–H groups in total. The van der Waals surface area contributed by atoms with Crippen molar-refractivity contribution < 1.29 is 58.6 Å². The minimum absolute atomic E-state index is 0. The molecule has 2 amide bonds. The summed E-state index contributed by atoms with van der Waals surface area (Å²) in [5.74, 6) is 2.96. The number of amides is 2.